The molecule has 2 rings (SSSR count). The molecule has 8 nitrogen and oxygen atoms in total. The lowest BCUT2D eigenvalue weighted by atomic mass is 9.80. The predicted octanol–water partition coefficient (Wildman–Crippen LogP) is 7.83. The van der Waals surface area contributed by atoms with Crippen molar-refractivity contribution in [2.24, 2.45) is 5.92 Å². The summed E-state index contributed by atoms with van der Waals surface area (Å²) >= 11 is 0. The van der Waals surface area contributed by atoms with Gasteiger partial charge in [-0.05, 0) is 55.5 Å². The number of carboxylic acids is 1. The SMILES string of the molecule is C=C(C[C@H]1C[C@](C)(O[Si](CC)(CC)CC)C[C@@]2(C[C@@H](OC(C)=O)C[C@H](CC(=O)O)O2)O1)[C@@H](C)CO[Si](C)(C)C(C)(C)C. The second-order valence-corrected chi connectivity index (χ2v) is 24.2. The Hall–Kier alpha value is -1.05. The lowest BCUT2D eigenvalue weighted by molar-refractivity contribution is -0.347. The minimum Gasteiger partial charge on any atom is -0.481 e. The molecule has 2 heterocycles. The van der Waals surface area contributed by atoms with Crippen LogP contribution in [0.5, 0.6) is 0 Å². The number of hydrogen-bond acceptors (Lipinski definition) is 7. The molecule has 0 aromatic carbocycles. The van der Waals surface area contributed by atoms with Gasteiger partial charge in [0.05, 0.1) is 24.2 Å². The van der Waals surface area contributed by atoms with Crippen LogP contribution >= 0.6 is 0 Å². The van der Waals surface area contributed by atoms with Crippen molar-refractivity contribution in [1.82, 2.24) is 0 Å². The number of ether oxygens (including phenoxy) is 3. The molecule has 6 atom stereocenters. The average molecular weight is 629 g/mol. The van der Waals surface area contributed by atoms with E-state index in [1.165, 1.54) is 6.92 Å². The maximum Gasteiger partial charge on any atom is 0.305 e. The normalized spacial score (nSPS) is 29.7. The van der Waals surface area contributed by atoms with E-state index in [2.05, 4.69) is 75.1 Å². The van der Waals surface area contributed by atoms with Gasteiger partial charge >= 0.3 is 11.9 Å². The first-order chi connectivity index (χ1) is 19.2. The summed E-state index contributed by atoms with van der Waals surface area (Å²) in [6.07, 6.45) is 0.871. The molecule has 2 aliphatic rings. The maximum atomic E-state index is 12.0. The number of aliphatic carboxylic acids is 1. The van der Waals surface area contributed by atoms with Crippen LogP contribution in [0.15, 0.2) is 12.2 Å². The Morgan fingerprint density at radius 2 is 1.62 bits per heavy atom. The molecule has 0 unspecified atom stereocenters. The largest absolute Gasteiger partial charge is 0.481 e. The molecule has 2 aliphatic heterocycles. The van der Waals surface area contributed by atoms with Gasteiger partial charge < -0.3 is 28.2 Å². The van der Waals surface area contributed by atoms with Crippen LogP contribution in [0.2, 0.25) is 36.3 Å². The highest BCUT2D eigenvalue weighted by Gasteiger charge is 2.55. The fraction of sp³-hybridized carbons (Fsp3) is 0.875. The van der Waals surface area contributed by atoms with Crippen LogP contribution in [0.1, 0.15) is 101 Å². The zero-order valence-electron chi connectivity index (χ0n) is 28.4. The molecule has 2 fully saturated rings. The summed E-state index contributed by atoms with van der Waals surface area (Å²) < 4.78 is 32.7. The van der Waals surface area contributed by atoms with E-state index in [-0.39, 0.29) is 23.5 Å². The van der Waals surface area contributed by atoms with Gasteiger partial charge in [-0.3, -0.25) is 9.59 Å². The first-order valence-electron chi connectivity index (χ1n) is 16.0. The minimum atomic E-state index is -2.02. The standard InChI is InChI=1S/C32H60O8Si2/c1-13-42(14-2,15-3)40-31(10)19-28(16-23(4)24(5)21-36-41(11,12)30(7,8)9)39-32(22-31)20-27(37-25(6)33)17-26(38-32)18-29(34)35/h24,26-28H,4,13-22H2,1-3,5-12H3,(H,34,35)/t24-,26+,27-,28-,31-,32+/m0/s1. The van der Waals surface area contributed by atoms with Crippen molar-refractivity contribution in [2.45, 2.75) is 167 Å². The second kappa shape index (κ2) is 14.4. The molecule has 42 heavy (non-hydrogen) atoms. The van der Waals surface area contributed by atoms with Gasteiger partial charge in [0.15, 0.2) is 22.4 Å². The molecule has 0 aromatic rings. The van der Waals surface area contributed by atoms with Crippen LogP contribution in [0.3, 0.4) is 0 Å². The van der Waals surface area contributed by atoms with Gasteiger partial charge in [0.2, 0.25) is 0 Å². The minimum absolute atomic E-state index is 0.129. The highest BCUT2D eigenvalue weighted by atomic mass is 28.4. The van der Waals surface area contributed by atoms with Gasteiger partial charge in [0, 0.05) is 39.2 Å². The van der Waals surface area contributed by atoms with Crippen LogP contribution in [0.4, 0.5) is 0 Å². The summed E-state index contributed by atoms with van der Waals surface area (Å²) in [6, 6.07) is 3.05. The monoisotopic (exact) mass is 628 g/mol. The number of hydrogen-bond donors (Lipinski definition) is 1. The number of carbonyl (C=O) groups is 2. The van der Waals surface area contributed by atoms with E-state index in [1.54, 1.807) is 0 Å². The van der Waals surface area contributed by atoms with Crippen molar-refractivity contribution in [3.8, 4) is 0 Å². The van der Waals surface area contributed by atoms with Crippen molar-refractivity contribution in [2.75, 3.05) is 6.61 Å². The molecule has 0 aliphatic carbocycles. The third-order valence-electron chi connectivity index (χ3n) is 9.95. The molecule has 1 N–H and O–H groups in total. The molecule has 0 radical (unpaired) electrons. The highest BCUT2D eigenvalue weighted by molar-refractivity contribution is 6.74. The van der Waals surface area contributed by atoms with Crippen LogP contribution in [-0.2, 0) is 32.7 Å². The summed E-state index contributed by atoms with van der Waals surface area (Å²) in [5.74, 6) is -2.32. The lowest BCUT2D eigenvalue weighted by Crippen LogP contribution is -2.61. The maximum absolute atomic E-state index is 12.0. The van der Waals surface area contributed by atoms with E-state index in [0.29, 0.717) is 38.7 Å². The van der Waals surface area contributed by atoms with Crippen molar-refractivity contribution in [3.63, 3.8) is 0 Å². The Bertz CT molecular complexity index is 909. The number of esters is 1. The third kappa shape index (κ3) is 9.99. The molecule has 1 spiro atoms. The van der Waals surface area contributed by atoms with Gasteiger partial charge in [-0.1, -0.05) is 60.6 Å². The van der Waals surface area contributed by atoms with E-state index < -0.39 is 52.2 Å². The lowest BCUT2D eigenvalue weighted by Gasteiger charge is -2.55. The van der Waals surface area contributed by atoms with Crippen molar-refractivity contribution < 1.29 is 37.8 Å². The number of rotatable bonds is 14. The summed E-state index contributed by atoms with van der Waals surface area (Å²) in [5.41, 5.74) is 0.516. The molecular weight excluding hydrogens is 569 g/mol. The zero-order chi connectivity index (χ0) is 32.1. The molecular formula is C32H60O8Si2. The zero-order valence-corrected chi connectivity index (χ0v) is 30.4. The summed E-state index contributed by atoms with van der Waals surface area (Å²) in [5, 5.41) is 9.72. The summed E-state index contributed by atoms with van der Waals surface area (Å²) in [7, 11) is -3.92. The van der Waals surface area contributed by atoms with Gasteiger partial charge in [-0.2, -0.15) is 0 Å². The molecule has 10 heteroatoms. The predicted molar refractivity (Wildman–Crippen MR) is 172 cm³/mol. The van der Waals surface area contributed by atoms with E-state index in [1.807, 2.05) is 0 Å². The Kier molecular flexibility index (Phi) is 12.7. The summed E-state index contributed by atoms with van der Waals surface area (Å²) in [4.78, 5) is 23.7. The second-order valence-electron chi connectivity index (χ2n) is 14.7. The fourth-order valence-corrected chi connectivity index (χ4v) is 10.5. The van der Waals surface area contributed by atoms with Crippen LogP contribution < -0.4 is 0 Å². The fourth-order valence-electron chi connectivity index (χ4n) is 6.31. The van der Waals surface area contributed by atoms with Crippen LogP contribution in [-0.4, -0.2) is 70.0 Å². The highest BCUT2D eigenvalue weighted by Crippen LogP contribution is 2.49. The molecule has 2 saturated heterocycles. The summed E-state index contributed by atoms with van der Waals surface area (Å²) in [6.45, 7) is 28.7. The van der Waals surface area contributed by atoms with Crippen molar-refractivity contribution in [1.29, 1.82) is 0 Å². The van der Waals surface area contributed by atoms with Crippen LogP contribution in [0, 0.1) is 5.92 Å². The average Bonchev–Trinajstić information content (AvgIpc) is 2.83. The Morgan fingerprint density at radius 3 is 2.12 bits per heavy atom. The van der Waals surface area contributed by atoms with Crippen LogP contribution in [0.25, 0.3) is 0 Å². The first-order valence-corrected chi connectivity index (χ1v) is 21.4. The molecule has 0 aromatic heterocycles. The Labute approximate surface area is 257 Å². The Balaban J connectivity index is 2.38. The quantitative estimate of drug-likeness (QED) is 0.118. The third-order valence-corrected chi connectivity index (χ3v) is 19.2. The van der Waals surface area contributed by atoms with Crippen molar-refractivity contribution in [3.05, 3.63) is 12.2 Å². The van der Waals surface area contributed by atoms with E-state index in [9.17, 15) is 14.7 Å². The van der Waals surface area contributed by atoms with E-state index >= 15 is 0 Å². The molecule has 244 valence electrons. The van der Waals surface area contributed by atoms with E-state index in [0.717, 1.165) is 23.7 Å². The van der Waals surface area contributed by atoms with Gasteiger partial charge in [0.25, 0.3) is 0 Å². The van der Waals surface area contributed by atoms with Gasteiger partial charge in [-0.15, -0.1) is 0 Å². The molecule has 0 bridgehead atoms. The van der Waals surface area contributed by atoms with Gasteiger partial charge in [-0.25, -0.2) is 0 Å². The first kappa shape index (κ1) is 37.1. The van der Waals surface area contributed by atoms with E-state index in [4.69, 9.17) is 23.1 Å². The Morgan fingerprint density at radius 1 is 1.05 bits per heavy atom. The number of carbonyl (C=O) groups excluding carboxylic acids is 1. The van der Waals surface area contributed by atoms with Crippen molar-refractivity contribution >= 4 is 28.6 Å². The smallest absolute Gasteiger partial charge is 0.305 e. The molecule has 0 saturated carbocycles. The number of carboxylic acid groups (broad SMARTS) is 1. The van der Waals surface area contributed by atoms with Gasteiger partial charge in [0.1, 0.15) is 6.10 Å². The molecule has 0 amide bonds. The topological polar surface area (TPSA) is 101 Å².